The van der Waals surface area contributed by atoms with E-state index in [1.807, 2.05) is 36.4 Å². The van der Waals surface area contributed by atoms with Crippen LogP contribution in [0, 0.1) is 0 Å². The van der Waals surface area contributed by atoms with Crippen molar-refractivity contribution in [1.29, 1.82) is 0 Å². The molecule has 3 aromatic carbocycles. The highest BCUT2D eigenvalue weighted by Crippen LogP contribution is 2.31. The average Bonchev–Trinajstić information content (AvgIpc) is 3.24. The summed E-state index contributed by atoms with van der Waals surface area (Å²) in [5, 5.41) is 4.95. The third-order valence-corrected chi connectivity index (χ3v) is 7.90. The fourth-order valence-electron chi connectivity index (χ4n) is 4.92. The molecule has 1 saturated heterocycles. The Morgan fingerprint density at radius 3 is 2.32 bits per heavy atom. The lowest BCUT2D eigenvalue weighted by atomic mass is 10.1. The summed E-state index contributed by atoms with van der Waals surface area (Å²) in [5.74, 6) is -0.606. The van der Waals surface area contributed by atoms with Gasteiger partial charge < -0.3 is 19.5 Å². The van der Waals surface area contributed by atoms with Crippen molar-refractivity contribution in [2.75, 3.05) is 48.7 Å². The number of fused-ring (bicyclic) bond motifs is 3. The van der Waals surface area contributed by atoms with Crippen LogP contribution in [0.15, 0.2) is 66.7 Å². The van der Waals surface area contributed by atoms with Crippen molar-refractivity contribution in [1.82, 2.24) is 9.47 Å². The summed E-state index contributed by atoms with van der Waals surface area (Å²) in [5.41, 5.74) is 3.53. The van der Waals surface area contributed by atoms with Crippen LogP contribution in [0.25, 0.3) is 21.8 Å². The quantitative estimate of drug-likeness (QED) is 0.390. The van der Waals surface area contributed by atoms with Crippen LogP contribution in [-0.2, 0) is 26.1 Å². The number of morpholine rings is 1. The van der Waals surface area contributed by atoms with Crippen molar-refractivity contribution < 1.29 is 22.7 Å². The van der Waals surface area contributed by atoms with Gasteiger partial charge in [-0.2, -0.15) is 0 Å². The number of rotatable bonds is 7. The fraction of sp³-hybridized carbons (Fsp3) is 0.286. The first kappa shape index (κ1) is 25.7. The van der Waals surface area contributed by atoms with Crippen molar-refractivity contribution >= 4 is 55.0 Å². The van der Waals surface area contributed by atoms with E-state index in [0.29, 0.717) is 43.2 Å². The molecule has 9 nitrogen and oxygen atoms in total. The second-order valence-corrected chi connectivity index (χ2v) is 11.2. The standard InChI is InChI=1S/C28H30N4O5S/c1-3-31-25-7-5-4-6-23(25)24-18-21(10-13-26(24)31)29-27(33)19-32(38(2,35)36)22-11-8-20(9-12-22)28(34)30-14-16-37-17-15-30/h4-13,18H,3,14-17,19H2,1-2H3,(H,29,33). The maximum Gasteiger partial charge on any atom is 0.254 e. The normalized spacial score (nSPS) is 14.1. The smallest absolute Gasteiger partial charge is 0.254 e. The van der Waals surface area contributed by atoms with E-state index < -0.39 is 22.5 Å². The third-order valence-electron chi connectivity index (χ3n) is 6.76. The summed E-state index contributed by atoms with van der Waals surface area (Å²) < 4.78 is 33.7. The van der Waals surface area contributed by atoms with Gasteiger partial charge in [-0.1, -0.05) is 18.2 Å². The van der Waals surface area contributed by atoms with Gasteiger partial charge in [-0.25, -0.2) is 8.42 Å². The molecule has 4 aromatic rings. The summed E-state index contributed by atoms with van der Waals surface area (Å²) in [4.78, 5) is 27.4. The van der Waals surface area contributed by atoms with Gasteiger partial charge >= 0.3 is 0 Å². The molecular weight excluding hydrogens is 504 g/mol. The molecule has 1 aliphatic heterocycles. The Bertz CT molecular complexity index is 1610. The van der Waals surface area contributed by atoms with Gasteiger partial charge in [-0.3, -0.25) is 13.9 Å². The van der Waals surface area contributed by atoms with E-state index in [0.717, 1.165) is 38.9 Å². The van der Waals surface area contributed by atoms with Crippen LogP contribution in [0.1, 0.15) is 17.3 Å². The second kappa shape index (κ2) is 10.5. The first-order valence-electron chi connectivity index (χ1n) is 12.5. The zero-order valence-corrected chi connectivity index (χ0v) is 22.2. The van der Waals surface area contributed by atoms with Gasteiger partial charge in [0, 0.05) is 52.7 Å². The number of aryl methyl sites for hydroxylation is 1. The Balaban J connectivity index is 1.35. The minimum atomic E-state index is -3.77. The molecule has 38 heavy (non-hydrogen) atoms. The van der Waals surface area contributed by atoms with E-state index in [4.69, 9.17) is 4.74 Å². The predicted octanol–water partition coefficient (Wildman–Crippen LogP) is 3.69. The van der Waals surface area contributed by atoms with Crippen LogP contribution in [0.5, 0.6) is 0 Å². The summed E-state index contributed by atoms with van der Waals surface area (Å²) in [6.45, 7) is 4.53. The third kappa shape index (κ3) is 5.09. The average molecular weight is 535 g/mol. The molecule has 198 valence electrons. The first-order valence-corrected chi connectivity index (χ1v) is 14.4. The summed E-state index contributed by atoms with van der Waals surface area (Å²) in [6, 6.07) is 20.1. The van der Waals surface area contributed by atoms with Crippen molar-refractivity contribution in [2.24, 2.45) is 0 Å². The minimum Gasteiger partial charge on any atom is -0.378 e. The first-order chi connectivity index (χ1) is 18.3. The van der Waals surface area contributed by atoms with E-state index >= 15 is 0 Å². The van der Waals surface area contributed by atoms with E-state index in [1.54, 1.807) is 29.2 Å². The number of amides is 2. The number of hydrogen-bond acceptors (Lipinski definition) is 5. The Kier molecular flexibility index (Phi) is 7.09. The number of benzene rings is 3. The number of hydrogen-bond donors (Lipinski definition) is 1. The Morgan fingerprint density at radius 1 is 0.947 bits per heavy atom. The monoisotopic (exact) mass is 534 g/mol. The molecule has 10 heteroatoms. The molecule has 2 amide bonds. The van der Waals surface area contributed by atoms with Crippen molar-refractivity contribution in [3.8, 4) is 0 Å². The van der Waals surface area contributed by atoms with Crippen LogP contribution in [0.3, 0.4) is 0 Å². The zero-order chi connectivity index (χ0) is 26.9. The Hall–Kier alpha value is -3.89. The maximum absolute atomic E-state index is 13.0. The van der Waals surface area contributed by atoms with Gasteiger partial charge in [0.05, 0.1) is 25.2 Å². The molecule has 2 heterocycles. The SMILES string of the molecule is CCn1c2ccccc2c2cc(NC(=O)CN(c3ccc(C(=O)N4CCOCC4)cc3)S(C)(=O)=O)ccc21. The van der Waals surface area contributed by atoms with Crippen molar-refractivity contribution in [3.63, 3.8) is 0 Å². The number of sulfonamides is 1. The van der Waals surface area contributed by atoms with Crippen molar-refractivity contribution in [2.45, 2.75) is 13.5 Å². The number of aromatic nitrogens is 1. The number of anilines is 2. The molecule has 1 fully saturated rings. The predicted molar refractivity (Wildman–Crippen MR) is 149 cm³/mol. The summed E-state index contributed by atoms with van der Waals surface area (Å²) in [7, 11) is -3.77. The molecule has 0 aliphatic carbocycles. The van der Waals surface area contributed by atoms with Crippen molar-refractivity contribution in [3.05, 3.63) is 72.3 Å². The topological polar surface area (TPSA) is 101 Å². The largest absolute Gasteiger partial charge is 0.378 e. The lowest BCUT2D eigenvalue weighted by Crippen LogP contribution is -2.40. The fourth-order valence-corrected chi connectivity index (χ4v) is 5.78. The number of ether oxygens (including phenoxy) is 1. The number of carbonyl (C=O) groups excluding carboxylic acids is 2. The van der Waals surface area contributed by atoms with Gasteiger partial charge in [-0.15, -0.1) is 0 Å². The van der Waals surface area contributed by atoms with E-state index in [9.17, 15) is 18.0 Å². The molecule has 1 N–H and O–H groups in total. The summed E-state index contributed by atoms with van der Waals surface area (Å²) >= 11 is 0. The van der Waals surface area contributed by atoms with E-state index in [-0.39, 0.29) is 5.91 Å². The van der Waals surface area contributed by atoms with Gasteiger partial charge in [0.25, 0.3) is 5.91 Å². The zero-order valence-electron chi connectivity index (χ0n) is 21.4. The number of nitrogens with one attached hydrogen (secondary N) is 1. The minimum absolute atomic E-state index is 0.136. The van der Waals surface area contributed by atoms with Crippen LogP contribution < -0.4 is 9.62 Å². The van der Waals surface area contributed by atoms with Crippen LogP contribution in [-0.4, -0.2) is 68.8 Å². The van der Waals surface area contributed by atoms with Gasteiger partial charge in [-0.05, 0) is 55.5 Å². The lowest BCUT2D eigenvalue weighted by Gasteiger charge is -2.27. The molecule has 0 bridgehead atoms. The molecule has 5 rings (SSSR count). The highest BCUT2D eigenvalue weighted by molar-refractivity contribution is 7.92. The summed E-state index contributed by atoms with van der Waals surface area (Å²) in [6.07, 6.45) is 1.05. The van der Waals surface area contributed by atoms with Crippen LogP contribution in [0.2, 0.25) is 0 Å². The van der Waals surface area contributed by atoms with Crippen LogP contribution >= 0.6 is 0 Å². The molecule has 1 aromatic heterocycles. The molecule has 0 spiro atoms. The molecular formula is C28H30N4O5S. The number of nitrogens with zero attached hydrogens (tertiary/aromatic N) is 3. The molecule has 0 unspecified atom stereocenters. The molecule has 0 radical (unpaired) electrons. The Morgan fingerprint density at radius 2 is 1.63 bits per heavy atom. The maximum atomic E-state index is 13.0. The number of carbonyl (C=O) groups is 2. The molecule has 0 atom stereocenters. The molecule has 0 saturated carbocycles. The second-order valence-electron chi connectivity index (χ2n) is 9.26. The highest BCUT2D eigenvalue weighted by Gasteiger charge is 2.23. The number of para-hydroxylation sites is 1. The van der Waals surface area contributed by atoms with Gasteiger partial charge in [0.1, 0.15) is 6.54 Å². The van der Waals surface area contributed by atoms with Gasteiger partial charge in [0.15, 0.2) is 0 Å². The van der Waals surface area contributed by atoms with Crippen LogP contribution in [0.4, 0.5) is 11.4 Å². The lowest BCUT2D eigenvalue weighted by molar-refractivity contribution is -0.114. The molecule has 1 aliphatic rings. The van der Waals surface area contributed by atoms with E-state index in [1.165, 1.54) is 0 Å². The Labute approximate surface area is 221 Å². The highest BCUT2D eigenvalue weighted by atomic mass is 32.2. The van der Waals surface area contributed by atoms with E-state index in [2.05, 4.69) is 22.9 Å². The van der Waals surface area contributed by atoms with Gasteiger partial charge in [0.2, 0.25) is 15.9 Å².